The number of aliphatic imine (C=N–C) groups is 1. The first-order chi connectivity index (χ1) is 5.81. The lowest BCUT2D eigenvalue weighted by Gasteiger charge is -2.24. The highest BCUT2D eigenvalue weighted by atomic mass is 15.1. The van der Waals surface area contributed by atoms with Gasteiger partial charge in [-0.1, -0.05) is 0 Å². The van der Waals surface area contributed by atoms with Gasteiger partial charge in [0.15, 0.2) is 0 Å². The second kappa shape index (κ2) is 2.99. The normalized spacial score (nSPS) is 24.3. The van der Waals surface area contributed by atoms with Crippen LogP contribution in [0.2, 0.25) is 0 Å². The molecule has 12 heavy (non-hydrogen) atoms. The average molecular weight is 165 g/mol. The van der Waals surface area contributed by atoms with Gasteiger partial charge in [-0.05, 0) is 24.6 Å². The van der Waals surface area contributed by atoms with Gasteiger partial charge in [-0.3, -0.25) is 4.99 Å². The van der Waals surface area contributed by atoms with E-state index in [0.717, 1.165) is 18.8 Å². The molecule has 0 spiro atoms. The van der Waals surface area contributed by atoms with Gasteiger partial charge in [-0.2, -0.15) is 0 Å². The van der Waals surface area contributed by atoms with Crippen molar-refractivity contribution in [3.05, 3.63) is 11.1 Å². The van der Waals surface area contributed by atoms with Crippen LogP contribution in [0.15, 0.2) is 16.1 Å². The number of nitrogens with zero attached hydrogens (tertiary/aromatic N) is 2. The SMILES string of the molecule is CN1CCC2=C(C1)C(CN)=NC2. The van der Waals surface area contributed by atoms with Gasteiger partial charge >= 0.3 is 0 Å². The van der Waals surface area contributed by atoms with Crippen molar-refractivity contribution in [1.29, 1.82) is 0 Å². The molecule has 0 aromatic rings. The summed E-state index contributed by atoms with van der Waals surface area (Å²) in [6, 6.07) is 0. The van der Waals surface area contributed by atoms with Crippen molar-refractivity contribution >= 4 is 5.71 Å². The van der Waals surface area contributed by atoms with Crippen molar-refractivity contribution in [2.75, 3.05) is 33.2 Å². The van der Waals surface area contributed by atoms with Crippen molar-refractivity contribution in [3.8, 4) is 0 Å². The van der Waals surface area contributed by atoms with Crippen molar-refractivity contribution in [1.82, 2.24) is 4.90 Å². The van der Waals surface area contributed by atoms with E-state index in [0.29, 0.717) is 6.54 Å². The summed E-state index contributed by atoms with van der Waals surface area (Å²) in [6.07, 6.45) is 1.18. The molecule has 3 nitrogen and oxygen atoms in total. The molecule has 0 radical (unpaired) electrons. The second-order valence-corrected chi connectivity index (χ2v) is 3.54. The monoisotopic (exact) mass is 165 g/mol. The third-order valence-electron chi connectivity index (χ3n) is 2.65. The minimum Gasteiger partial charge on any atom is -0.325 e. The van der Waals surface area contributed by atoms with E-state index in [-0.39, 0.29) is 0 Å². The second-order valence-electron chi connectivity index (χ2n) is 3.54. The maximum absolute atomic E-state index is 5.60. The Labute approximate surface area is 73.0 Å². The predicted molar refractivity (Wildman–Crippen MR) is 50.5 cm³/mol. The Bertz CT molecular complexity index is 252. The van der Waals surface area contributed by atoms with E-state index in [1.165, 1.54) is 24.1 Å². The molecule has 2 aliphatic rings. The fourth-order valence-corrected chi connectivity index (χ4v) is 1.88. The third kappa shape index (κ3) is 1.19. The number of hydrogen-bond donors (Lipinski definition) is 1. The van der Waals surface area contributed by atoms with E-state index in [4.69, 9.17) is 5.73 Å². The maximum Gasteiger partial charge on any atom is 0.0610 e. The Balaban J connectivity index is 2.21. The van der Waals surface area contributed by atoms with Gasteiger partial charge in [0.1, 0.15) is 0 Å². The summed E-state index contributed by atoms with van der Waals surface area (Å²) in [7, 11) is 2.15. The lowest BCUT2D eigenvalue weighted by molar-refractivity contribution is 0.354. The molecule has 0 aromatic carbocycles. The van der Waals surface area contributed by atoms with Crippen LogP contribution in [0.4, 0.5) is 0 Å². The van der Waals surface area contributed by atoms with Gasteiger partial charge in [0, 0.05) is 19.6 Å². The van der Waals surface area contributed by atoms with Gasteiger partial charge in [-0.15, -0.1) is 0 Å². The van der Waals surface area contributed by atoms with Gasteiger partial charge in [-0.25, -0.2) is 0 Å². The Hall–Kier alpha value is -0.670. The Kier molecular flexibility index (Phi) is 1.98. The van der Waals surface area contributed by atoms with E-state index in [1.807, 2.05) is 0 Å². The average Bonchev–Trinajstić information content (AvgIpc) is 2.46. The van der Waals surface area contributed by atoms with Crippen molar-refractivity contribution in [3.63, 3.8) is 0 Å². The standard InChI is InChI=1S/C9H15N3/c1-12-3-2-7-5-11-9(4-10)8(7)6-12/h2-6,10H2,1H3. The zero-order chi connectivity index (χ0) is 8.55. The van der Waals surface area contributed by atoms with Gasteiger partial charge in [0.2, 0.25) is 0 Å². The van der Waals surface area contributed by atoms with Crippen LogP contribution in [0.25, 0.3) is 0 Å². The zero-order valence-corrected chi connectivity index (χ0v) is 7.51. The van der Waals surface area contributed by atoms with E-state index in [2.05, 4.69) is 16.9 Å². The topological polar surface area (TPSA) is 41.6 Å². The molecule has 0 amide bonds. The summed E-state index contributed by atoms with van der Waals surface area (Å²) in [4.78, 5) is 6.75. The van der Waals surface area contributed by atoms with E-state index in [9.17, 15) is 0 Å². The van der Waals surface area contributed by atoms with Crippen LogP contribution in [0.1, 0.15) is 6.42 Å². The van der Waals surface area contributed by atoms with Crippen LogP contribution in [0.3, 0.4) is 0 Å². The molecule has 0 atom stereocenters. The highest BCUT2D eigenvalue weighted by Gasteiger charge is 2.22. The molecule has 0 unspecified atom stereocenters. The van der Waals surface area contributed by atoms with Crippen LogP contribution >= 0.6 is 0 Å². The molecule has 0 aliphatic carbocycles. The molecule has 2 aliphatic heterocycles. The molecule has 0 bridgehead atoms. The minimum atomic E-state index is 0.604. The molecule has 2 rings (SSSR count). The van der Waals surface area contributed by atoms with Crippen molar-refractivity contribution < 1.29 is 0 Å². The summed E-state index contributed by atoms with van der Waals surface area (Å²) < 4.78 is 0. The number of hydrogen-bond acceptors (Lipinski definition) is 3. The van der Waals surface area contributed by atoms with Gasteiger partial charge < -0.3 is 10.6 Å². The van der Waals surface area contributed by atoms with Crippen LogP contribution in [0, 0.1) is 0 Å². The van der Waals surface area contributed by atoms with Crippen molar-refractivity contribution in [2.45, 2.75) is 6.42 Å². The summed E-state index contributed by atoms with van der Waals surface area (Å²) >= 11 is 0. The molecule has 0 saturated heterocycles. The predicted octanol–water partition coefficient (Wildman–Crippen LogP) is 0.0318. The van der Waals surface area contributed by atoms with Crippen LogP contribution in [0.5, 0.6) is 0 Å². The summed E-state index contributed by atoms with van der Waals surface area (Å²) in [5.74, 6) is 0. The zero-order valence-electron chi connectivity index (χ0n) is 7.51. The van der Waals surface area contributed by atoms with Gasteiger partial charge in [0.05, 0.1) is 12.3 Å². The first kappa shape index (κ1) is 7.95. The molecule has 2 heterocycles. The minimum absolute atomic E-state index is 0.604. The lowest BCUT2D eigenvalue weighted by Crippen LogP contribution is -2.31. The first-order valence-electron chi connectivity index (χ1n) is 4.44. The lowest BCUT2D eigenvalue weighted by atomic mass is 9.99. The molecule has 0 fully saturated rings. The number of likely N-dealkylation sites (N-methyl/N-ethyl adjacent to an activating group) is 1. The fourth-order valence-electron chi connectivity index (χ4n) is 1.88. The van der Waals surface area contributed by atoms with Crippen molar-refractivity contribution in [2.24, 2.45) is 10.7 Å². The maximum atomic E-state index is 5.60. The molecule has 66 valence electrons. The summed E-state index contributed by atoms with van der Waals surface area (Å²) in [5.41, 5.74) is 9.68. The largest absolute Gasteiger partial charge is 0.325 e. The molecule has 0 aromatic heterocycles. The number of rotatable bonds is 1. The first-order valence-corrected chi connectivity index (χ1v) is 4.44. The highest BCUT2D eigenvalue weighted by Crippen LogP contribution is 2.22. The highest BCUT2D eigenvalue weighted by molar-refractivity contribution is 6.04. The smallest absolute Gasteiger partial charge is 0.0610 e. The quantitative estimate of drug-likeness (QED) is 0.595. The van der Waals surface area contributed by atoms with Crippen LogP contribution < -0.4 is 5.73 Å². The van der Waals surface area contributed by atoms with Crippen LogP contribution in [-0.2, 0) is 0 Å². The molecule has 0 saturated carbocycles. The van der Waals surface area contributed by atoms with Crippen LogP contribution in [-0.4, -0.2) is 43.8 Å². The third-order valence-corrected chi connectivity index (χ3v) is 2.65. The molecular formula is C9H15N3. The molecule has 3 heteroatoms. The van der Waals surface area contributed by atoms with Gasteiger partial charge in [0.25, 0.3) is 0 Å². The van der Waals surface area contributed by atoms with E-state index < -0.39 is 0 Å². The summed E-state index contributed by atoms with van der Waals surface area (Å²) in [6.45, 7) is 3.74. The number of nitrogens with two attached hydrogens (primary N) is 1. The summed E-state index contributed by atoms with van der Waals surface area (Å²) in [5, 5.41) is 0. The van der Waals surface area contributed by atoms with E-state index >= 15 is 0 Å². The van der Waals surface area contributed by atoms with E-state index in [1.54, 1.807) is 0 Å². The Morgan fingerprint density at radius 3 is 3.17 bits per heavy atom. The molecule has 2 N–H and O–H groups in total. The Morgan fingerprint density at radius 2 is 2.42 bits per heavy atom. The molecular weight excluding hydrogens is 150 g/mol. The Morgan fingerprint density at radius 1 is 1.58 bits per heavy atom. The fraction of sp³-hybridized carbons (Fsp3) is 0.667.